The van der Waals surface area contributed by atoms with E-state index in [1.807, 2.05) is 12.1 Å². The van der Waals surface area contributed by atoms with Crippen LogP contribution < -0.4 is 5.32 Å². The van der Waals surface area contributed by atoms with Crippen molar-refractivity contribution in [2.75, 3.05) is 0 Å². The lowest BCUT2D eigenvalue weighted by atomic mass is 9.89. The molecular weight excluding hydrogens is 516 g/mol. The molecule has 1 saturated carbocycles. The summed E-state index contributed by atoms with van der Waals surface area (Å²) in [5.41, 5.74) is 2.98. The Morgan fingerprint density at radius 1 is 1.09 bits per heavy atom. The number of rotatable bonds is 4. The topological polar surface area (TPSA) is 41.5 Å². The second-order valence-electron chi connectivity index (χ2n) is 8.67. The summed E-state index contributed by atoms with van der Waals surface area (Å²) >= 11 is 18.5. The van der Waals surface area contributed by atoms with E-state index in [1.165, 1.54) is 12.1 Å². The van der Waals surface area contributed by atoms with Crippen molar-refractivity contribution < 1.29 is 18.0 Å². The summed E-state index contributed by atoms with van der Waals surface area (Å²) in [6, 6.07) is 7.96. The monoisotopic (exact) mass is 532 g/mol. The zero-order valence-corrected chi connectivity index (χ0v) is 20.2. The fraction of sp³-hybridized carbons (Fsp3) is 0.391. The van der Waals surface area contributed by atoms with Crippen molar-refractivity contribution in [3.8, 4) is 0 Å². The normalized spacial score (nSPS) is 24.5. The van der Waals surface area contributed by atoms with Crippen molar-refractivity contribution in [2.24, 2.45) is 10.3 Å². The molecule has 2 aliphatic carbocycles. The second-order valence-corrected chi connectivity index (χ2v) is 10.9. The van der Waals surface area contributed by atoms with Crippen LogP contribution in [0.1, 0.15) is 54.0 Å². The first-order valence-corrected chi connectivity index (χ1v) is 12.4. The Morgan fingerprint density at radius 2 is 1.79 bits per heavy atom. The largest absolute Gasteiger partial charge is 0.409 e. The van der Waals surface area contributed by atoms with Gasteiger partial charge in [-0.25, -0.2) is 4.40 Å². The summed E-state index contributed by atoms with van der Waals surface area (Å²) in [6.45, 7) is 0. The lowest BCUT2D eigenvalue weighted by Crippen LogP contribution is -2.38. The van der Waals surface area contributed by atoms with Gasteiger partial charge in [-0.15, -0.1) is 0 Å². The minimum absolute atomic E-state index is 0.0190. The predicted molar refractivity (Wildman–Crippen MR) is 126 cm³/mol. The van der Waals surface area contributed by atoms with Gasteiger partial charge in [0, 0.05) is 12.3 Å². The summed E-state index contributed by atoms with van der Waals surface area (Å²) in [4.78, 5) is 12.1. The van der Waals surface area contributed by atoms with Crippen molar-refractivity contribution in [3.05, 3.63) is 67.7 Å². The Kier molecular flexibility index (Phi) is 5.91. The molecule has 1 unspecified atom stereocenters. The van der Waals surface area contributed by atoms with Crippen LogP contribution in [-0.2, 0) is 16.0 Å². The number of nitrogens with zero attached hydrogens (tertiary/aromatic N) is 1. The smallest absolute Gasteiger partial charge is 0.349 e. The molecule has 1 fully saturated rings. The summed E-state index contributed by atoms with van der Waals surface area (Å²) < 4.78 is 45.0. The number of fused-ring (bicyclic) bond motifs is 1. The molecule has 10 heteroatoms. The standard InChI is InChI=1S/C23H18Cl3F3N2OS/c24-16-8-14(9-17(25)20(16)26)22(23(27,28)29)10-19(31-33-22)13-3-5-15-12(7-13)4-6-18(15)30-21(32)11-1-2-11/h3,5,7-9,11,18H,1-2,4,6,10H2,(H,30,32)/t18?,22-/m0/s1. The highest BCUT2D eigenvalue weighted by atomic mass is 35.5. The van der Waals surface area contributed by atoms with Crippen LogP contribution in [0.25, 0.3) is 0 Å². The molecule has 3 nitrogen and oxygen atoms in total. The number of hydrogen-bond acceptors (Lipinski definition) is 3. The molecule has 5 rings (SSSR count). The molecule has 0 aromatic heterocycles. The highest BCUT2D eigenvalue weighted by molar-refractivity contribution is 7.99. The first-order chi connectivity index (χ1) is 15.6. The van der Waals surface area contributed by atoms with Crippen LogP contribution >= 0.6 is 46.8 Å². The van der Waals surface area contributed by atoms with Gasteiger partial charge in [0.05, 0.1) is 26.8 Å². The molecule has 2 aromatic rings. The molecule has 2 aromatic carbocycles. The Hall–Kier alpha value is -1.41. The Bertz CT molecular complexity index is 1160. The van der Waals surface area contributed by atoms with E-state index in [4.69, 9.17) is 34.8 Å². The molecule has 1 heterocycles. The number of aryl methyl sites for hydroxylation is 1. The Morgan fingerprint density at radius 3 is 2.42 bits per heavy atom. The molecule has 1 aliphatic heterocycles. The Balaban J connectivity index is 1.42. The Labute approximate surface area is 208 Å². The van der Waals surface area contributed by atoms with Crippen LogP contribution in [0.15, 0.2) is 34.7 Å². The highest BCUT2D eigenvalue weighted by Crippen LogP contribution is 2.57. The van der Waals surface area contributed by atoms with Gasteiger partial charge >= 0.3 is 6.18 Å². The van der Waals surface area contributed by atoms with E-state index >= 15 is 0 Å². The van der Waals surface area contributed by atoms with Gasteiger partial charge in [0.15, 0.2) is 4.75 Å². The van der Waals surface area contributed by atoms with E-state index in [0.717, 1.165) is 36.8 Å². The predicted octanol–water partition coefficient (Wildman–Crippen LogP) is 7.46. The van der Waals surface area contributed by atoms with Gasteiger partial charge < -0.3 is 5.32 Å². The number of alkyl halides is 3. The number of nitrogens with one attached hydrogen (secondary N) is 1. The highest BCUT2D eigenvalue weighted by Gasteiger charge is 2.60. The number of carbonyl (C=O) groups is 1. The van der Waals surface area contributed by atoms with Crippen LogP contribution in [0.4, 0.5) is 13.2 Å². The minimum atomic E-state index is -4.60. The van der Waals surface area contributed by atoms with Crippen LogP contribution in [-0.4, -0.2) is 17.8 Å². The van der Waals surface area contributed by atoms with E-state index in [0.29, 0.717) is 23.2 Å². The summed E-state index contributed by atoms with van der Waals surface area (Å²) in [5.74, 6) is 0.215. The van der Waals surface area contributed by atoms with Gasteiger partial charge in [-0.1, -0.05) is 46.9 Å². The average molecular weight is 534 g/mol. The number of benzene rings is 2. The van der Waals surface area contributed by atoms with E-state index in [9.17, 15) is 18.0 Å². The average Bonchev–Trinajstić information content (AvgIpc) is 3.39. The van der Waals surface area contributed by atoms with Gasteiger partial charge in [-0.2, -0.15) is 13.2 Å². The first-order valence-electron chi connectivity index (χ1n) is 10.5. The van der Waals surface area contributed by atoms with Crippen molar-refractivity contribution in [1.82, 2.24) is 5.32 Å². The zero-order chi connectivity index (χ0) is 23.5. The van der Waals surface area contributed by atoms with Crippen molar-refractivity contribution in [1.29, 1.82) is 0 Å². The molecule has 1 amide bonds. The van der Waals surface area contributed by atoms with Gasteiger partial charge in [0.25, 0.3) is 0 Å². The second kappa shape index (κ2) is 8.36. The third-order valence-electron chi connectivity index (χ3n) is 6.45. The molecule has 174 valence electrons. The third-order valence-corrected chi connectivity index (χ3v) is 8.89. The first kappa shape index (κ1) is 23.3. The molecule has 0 radical (unpaired) electrons. The number of halogens is 6. The molecule has 1 N–H and O–H groups in total. The van der Waals surface area contributed by atoms with Crippen molar-refractivity contribution >= 4 is 58.4 Å². The van der Waals surface area contributed by atoms with Gasteiger partial charge in [0.1, 0.15) is 0 Å². The van der Waals surface area contributed by atoms with Gasteiger partial charge in [0.2, 0.25) is 5.91 Å². The maximum Gasteiger partial charge on any atom is 0.409 e. The van der Waals surface area contributed by atoms with Gasteiger partial charge in [-0.3, -0.25) is 4.79 Å². The third kappa shape index (κ3) is 4.15. The van der Waals surface area contributed by atoms with E-state index in [2.05, 4.69) is 9.71 Å². The lowest BCUT2D eigenvalue weighted by molar-refractivity contribution is -0.159. The van der Waals surface area contributed by atoms with E-state index in [-0.39, 0.29) is 44.9 Å². The van der Waals surface area contributed by atoms with Gasteiger partial charge in [-0.05, 0) is 78.1 Å². The fourth-order valence-corrected chi connectivity index (χ4v) is 5.99. The maximum absolute atomic E-state index is 14.4. The fourth-order valence-electron chi connectivity index (χ4n) is 4.43. The molecule has 0 saturated heterocycles. The maximum atomic E-state index is 14.4. The molecular formula is C23H18Cl3F3N2OS. The molecule has 33 heavy (non-hydrogen) atoms. The summed E-state index contributed by atoms with van der Waals surface area (Å²) in [6.07, 6.45) is -1.53. The molecule has 3 aliphatic rings. The molecule has 2 atom stereocenters. The molecule has 0 bridgehead atoms. The SMILES string of the molecule is O=C(NC1CCc2cc(C3=NS[C@@](c4cc(Cl)c(Cl)c(Cl)c4)(C(F)(F)F)C3)ccc21)C1CC1. The minimum Gasteiger partial charge on any atom is -0.349 e. The number of hydrogen-bond donors (Lipinski definition) is 1. The van der Waals surface area contributed by atoms with Crippen LogP contribution in [0, 0.1) is 5.92 Å². The lowest BCUT2D eigenvalue weighted by Gasteiger charge is -2.30. The summed E-state index contributed by atoms with van der Waals surface area (Å²) in [5, 5.41) is 3.05. The van der Waals surface area contributed by atoms with Crippen molar-refractivity contribution in [2.45, 2.75) is 49.1 Å². The van der Waals surface area contributed by atoms with Crippen LogP contribution in [0.5, 0.6) is 0 Å². The van der Waals surface area contributed by atoms with E-state index < -0.39 is 10.9 Å². The van der Waals surface area contributed by atoms with E-state index in [1.54, 1.807) is 6.07 Å². The van der Waals surface area contributed by atoms with Crippen LogP contribution in [0.3, 0.4) is 0 Å². The zero-order valence-electron chi connectivity index (χ0n) is 17.1. The quantitative estimate of drug-likeness (QED) is 0.327. The molecule has 0 spiro atoms. The number of amides is 1. The van der Waals surface area contributed by atoms with Crippen LogP contribution in [0.2, 0.25) is 15.1 Å². The summed E-state index contributed by atoms with van der Waals surface area (Å²) in [7, 11) is 0. The van der Waals surface area contributed by atoms with Crippen molar-refractivity contribution in [3.63, 3.8) is 0 Å². The number of carbonyl (C=O) groups excluding carboxylic acids is 1.